The van der Waals surface area contributed by atoms with Gasteiger partial charge in [0.1, 0.15) is 6.54 Å². The smallest absolute Gasteiger partial charge is 0.385 e. The van der Waals surface area contributed by atoms with Crippen LogP contribution in [0.5, 0.6) is 0 Å². The monoisotopic (exact) mass is 495 g/mol. The van der Waals surface area contributed by atoms with Crippen LogP contribution in [0.25, 0.3) is 0 Å². The molecule has 1 saturated heterocycles. The van der Waals surface area contributed by atoms with Gasteiger partial charge in [-0.1, -0.05) is 36.8 Å². The zero-order valence-electron chi connectivity index (χ0n) is 20.1. The van der Waals surface area contributed by atoms with E-state index in [1.54, 1.807) is 0 Å². The molecular weight excluding hydrogens is 463 g/mol. The van der Waals surface area contributed by atoms with Gasteiger partial charge in [-0.25, -0.2) is 14.4 Å². The van der Waals surface area contributed by atoms with Crippen molar-refractivity contribution in [3.8, 4) is 0 Å². The van der Waals surface area contributed by atoms with E-state index >= 15 is 0 Å². The summed E-state index contributed by atoms with van der Waals surface area (Å²) in [4.78, 5) is 41.8. The van der Waals surface area contributed by atoms with Crippen LogP contribution in [0.3, 0.4) is 0 Å². The van der Waals surface area contributed by atoms with Crippen LogP contribution in [0.4, 0.5) is 18.0 Å². The number of rotatable bonds is 6. The van der Waals surface area contributed by atoms with E-state index in [9.17, 15) is 27.6 Å². The first kappa shape index (κ1) is 25.5. The number of carbonyl (C=O) groups excluding carboxylic acids is 3. The fourth-order valence-electron chi connectivity index (χ4n) is 5.86. The molecule has 3 aliphatic rings. The van der Waals surface area contributed by atoms with Gasteiger partial charge in [-0.05, 0) is 64.1 Å². The molecule has 2 aliphatic carbocycles. The topological polar surface area (TPSA) is 70.2 Å². The maximum absolute atomic E-state index is 13.4. The normalized spacial score (nSPS) is 27.4. The summed E-state index contributed by atoms with van der Waals surface area (Å²) in [6, 6.07) is 9.87. The minimum absolute atomic E-state index is 0.191. The lowest BCUT2D eigenvalue weighted by Crippen LogP contribution is -2.56. The molecule has 7 nitrogen and oxygen atoms in total. The molecule has 1 heterocycles. The summed E-state index contributed by atoms with van der Waals surface area (Å²) in [5.74, 6) is -3.54. The van der Waals surface area contributed by atoms with Gasteiger partial charge >= 0.3 is 24.1 Å². The van der Waals surface area contributed by atoms with E-state index in [2.05, 4.69) is 35.9 Å². The molecule has 10 heteroatoms. The maximum atomic E-state index is 13.4. The van der Waals surface area contributed by atoms with Crippen LogP contribution in [0.15, 0.2) is 30.3 Å². The van der Waals surface area contributed by atoms with Crippen molar-refractivity contribution >= 4 is 18.0 Å². The highest BCUT2D eigenvalue weighted by molar-refractivity contribution is 5.91. The number of esters is 2. The number of hydrogen-bond acceptors (Lipinski definition) is 5. The SMILES string of the molecule is CN(C)C1(c2ccccc2)CCC2(CC1)CN(CC(=O)OC(=O)C(F)(F)F)C(=O)N2CC1CCC1. The molecule has 2 saturated carbocycles. The number of nitrogens with zero attached hydrogens (tertiary/aromatic N) is 3. The standard InChI is InChI=1S/C25H32F3N3O4/c1-29(2)24(19-9-4-3-5-10-19)13-11-23(12-14-24)17-30(16-20(32)35-21(33)25(26,27)28)22(34)31(23)15-18-7-6-8-18/h3-5,9-10,18H,6-8,11-17H2,1-2H3. The molecule has 192 valence electrons. The van der Waals surface area contributed by atoms with Gasteiger partial charge in [0.2, 0.25) is 0 Å². The number of ether oxygens (including phenoxy) is 1. The number of alkyl halides is 3. The lowest BCUT2D eigenvalue weighted by molar-refractivity contribution is -0.201. The Hall–Kier alpha value is -2.62. The van der Waals surface area contributed by atoms with Crippen molar-refractivity contribution in [1.82, 2.24) is 14.7 Å². The van der Waals surface area contributed by atoms with Crippen LogP contribution >= 0.6 is 0 Å². The fraction of sp³-hybridized carbons (Fsp3) is 0.640. The van der Waals surface area contributed by atoms with Crippen LogP contribution in [0.1, 0.15) is 50.5 Å². The highest BCUT2D eigenvalue weighted by Crippen LogP contribution is 2.49. The van der Waals surface area contributed by atoms with Crippen molar-refractivity contribution in [2.75, 3.05) is 33.7 Å². The highest BCUT2D eigenvalue weighted by atomic mass is 19.4. The largest absolute Gasteiger partial charge is 0.491 e. The molecule has 1 aliphatic heterocycles. The average molecular weight is 496 g/mol. The number of benzene rings is 1. The van der Waals surface area contributed by atoms with E-state index in [0.717, 1.165) is 32.1 Å². The number of halogens is 3. The van der Waals surface area contributed by atoms with Crippen LogP contribution in [-0.4, -0.2) is 78.1 Å². The predicted molar refractivity (Wildman–Crippen MR) is 121 cm³/mol. The van der Waals surface area contributed by atoms with E-state index in [1.807, 2.05) is 23.1 Å². The average Bonchev–Trinajstić information content (AvgIpc) is 3.01. The zero-order chi connectivity index (χ0) is 25.4. The Kier molecular flexibility index (Phi) is 6.87. The molecule has 0 N–H and O–H groups in total. The second-order valence-electron chi connectivity index (χ2n) is 10.3. The molecule has 3 fully saturated rings. The molecule has 0 aromatic heterocycles. The first-order valence-corrected chi connectivity index (χ1v) is 12.1. The van der Waals surface area contributed by atoms with Crippen molar-refractivity contribution in [2.45, 2.75) is 62.2 Å². The number of amides is 2. The van der Waals surface area contributed by atoms with Gasteiger partial charge in [0, 0.05) is 18.6 Å². The minimum atomic E-state index is -5.27. The second-order valence-corrected chi connectivity index (χ2v) is 10.3. The van der Waals surface area contributed by atoms with E-state index in [4.69, 9.17) is 0 Å². The molecule has 0 unspecified atom stereocenters. The molecule has 1 aromatic rings. The summed E-state index contributed by atoms with van der Waals surface area (Å²) in [7, 11) is 4.10. The molecule has 35 heavy (non-hydrogen) atoms. The first-order chi connectivity index (χ1) is 16.5. The molecule has 0 atom stereocenters. The van der Waals surface area contributed by atoms with Gasteiger partial charge in [0.05, 0.1) is 5.54 Å². The second kappa shape index (κ2) is 9.44. The third-order valence-corrected chi connectivity index (χ3v) is 8.16. The summed E-state index contributed by atoms with van der Waals surface area (Å²) in [5, 5.41) is 0. The van der Waals surface area contributed by atoms with Crippen molar-refractivity contribution in [1.29, 1.82) is 0 Å². The van der Waals surface area contributed by atoms with Gasteiger partial charge < -0.3 is 14.5 Å². The molecule has 2 amide bonds. The first-order valence-electron chi connectivity index (χ1n) is 12.1. The lowest BCUT2D eigenvalue weighted by atomic mass is 9.68. The molecule has 1 aromatic carbocycles. The van der Waals surface area contributed by atoms with Crippen LogP contribution in [-0.2, 0) is 19.9 Å². The summed E-state index contributed by atoms with van der Waals surface area (Å²) < 4.78 is 41.4. The van der Waals surface area contributed by atoms with Gasteiger partial charge in [-0.3, -0.25) is 4.90 Å². The summed E-state index contributed by atoms with van der Waals surface area (Å²) in [6.45, 7) is 0.124. The Morgan fingerprint density at radius 2 is 1.71 bits per heavy atom. The van der Waals surface area contributed by atoms with E-state index < -0.39 is 30.2 Å². The van der Waals surface area contributed by atoms with Crippen molar-refractivity contribution < 1.29 is 32.3 Å². The zero-order valence-corrected chi connectivity index (χ0v) is 20.1. The maximum Gasteiger partial charge on any atom is 0.491 e. The number of carbonyl (C=O) groups is 3. The molecule has 0 radical (unpaired) electrons. The number of urea groups is 1. The fourth-order valence-corrected chi connectivity index (χ4v) is 5.86. The molecular formula is C25H32F3N3O4. The highest BCUT2D eigenvalue weighted by Gasteiger charge is 2.55. The van der Waals surface area contributed by atoms with Crippen molar-refractivity contribution in [3.63, 3.8) is 0 Å². The van der Waals surface area contributed by atoms with E-state index in [0.29, 0.717) is 25.3 Å². The quantitative estimate of drug-likeness (QED) is 0.442. The van der Waals surface area contributed by atoms with Crippen LogP contribution in [0, 0.1) is 5.92 Å². The molecule has 0 bridgehead atoms. The molecule has 4 rings (SSSR count). The summed E-state index contributed by atoms with van der Waals surface area (Å²) in [5.41, 5.74) is 0.513. The molecule has 1 spiro atoms. The summed E-state index contributed by atoms with van der Waals surface area (Å²) >= 11 is 0. The van der Waals surface area contributed by atoms with Crippen molar-refractivity contribution in [3.05, 3.63) is 35.9 Å². The Labute approximate surface area is 203 Å². The van der Waals surface area contributed by atoms with Crippen molar-refractivity contribution in [2.24, 2.45) is 5.92 Å². The Balaban J connectivity index is 1.53. The van der Waals surface area contributed by atoms with Crippen LogP contribution in [0.2, 0.25) is 0 Å². The third kappa shape index (κ3) is 4.90. The van der Waals surface area contributed by atoms with Gasteiger partial charge in [-0.2, -0.15) is 13.2 Å². The van der Waals surface area contributed by atoms with Crippen LogP contribution < -0.4 is 0 Å². The van der Waals surface area contributed by atoms with Gasteiger partial charge in [0.25, 0.3) is 0 Å². The van der Waals surface area contributed by atoms with E-state index in [1.165, 1.54) is 10.5 Å². The van der Waals surface area contributed by atoms with Gasteiger partial charge in [-0.15, -0.1) is 0 Å². The predicted octanol–water partition coefficient (Wildman–Crippen LogP) is 3.93. The third-order valence-electron chi connectivity index (χ3n) is 8.16. The van der Waals surface area contributed by atoms with E-state index in [-0.39, 0.29) is 18.1 Å². The summed E-state index contributed by atoms with van der Waals surface area (Å²) in [6.07, 6.45) is 0.913. The Morgan fingerprint density at radius 1 is 1.09 bits per heavy atom. The number of hydrogen-bond donors (Lipinski definition) is 0. The van der Waals surface area contributed by atoms with Gasteiger partial charge in [0.15, 0.2) is 0 Å². The Morgan fingerprint density at radius 3 is 2.23 bits per heavy atom. The minimum Gasteiger partial charge on any atom is -0.385 e. The Bertz CT molecular complexity index is 954. The lowest BCUT2D eigenvalue weighted by Gasteiger charge is -2.51.